The largest absolute Gasteiger partial charge is 0.488 e. The van der Waals surface area contributed by atoms with Crippen molar-refractivity contribution in [2.24, 2.45) is 0 Å². The molecular weight excluding hydrogens is 254 g/mol. The molecule has 0 aliphatic carbocycles. The van der Waals surface area contributed by atoms with E-state index in [9.17, 15) is 4.79 Å². The second-order valence-electron chi connectivity index (χ2n) is 4.30. The van der Waals surface area contributed by atoms with Crippen LogP contribution in [0.1, 0.15) is 5.56 Å². The number of ether oxygens (including phenoxy) is 1. The molecule has 5 nitrogen and oxygen atoms in total. The molecule has 5 heteroatoms. The summed E-state index contributed by atoms with van der Waals surface area (Å²) in [7, 11) is 0. The maximum atomic E-state index is 11.1. The minimum atomic E-state index is -0.335. The van der Waals surface area contributed by atoms with Gasteiger partial charge in [-0.15, -0.1) is 0 Å². The normalized spacial score (nSPS) is 10.4. The number of aromatic nitrogens is 3. The van der Waals surface area contributed by atoms with Crippen LogP contribution in [0.5, 0.6) is 5.75 Å². The van der Waals surface area contributed by atoms with Crippen LogP contribution >= 0.6 is 0 Å². The fourth-order valence-electron chi connectivity index (χ4n) is 1.92. The number of hydrogen-bond donors (Lipinski definition) is 2. The van der Waals surface area contributed by atoms with Crippen molar-refractivity contribution < 1.29 is 4.74 Å². The van der Waals surface area contributed by atoms with E-state index < -0.39 is 0 Å². The Morgan fingerprint density at radius 1 is 1.00 bits per heavy atom. The van der Waals surface area contributed by atoms with Gasteiger partial charge in [0, 0.05) is 0 Å². The summed E-state index contributed by atoms with van der Waals surface area (Å²) in [4.78, 5) is 13.8. The predicted octanol–water partition coefficient (Wildman–Crippen LogP) is 2.34. The van der Waals surface area contributed by atoms with Crippen molar-refractivity contribution >= 4 is 0 Å². The lowest BCUT2D eigenvalue weighted by Gasteiger charge is -2.09. The summed E-state index contributed by atoms with van der Waals surface area (Å²) < 4.78 is 5.81. The SMILES string of the molecule is O=c1[nH]nc(-c2ccccc2OCc2ccccc2)[nH]1. The standard InChI is InChI=1S/C15H13N3O2/c19-15-16-14(17-18-15)12-8-4-5-9-13(12)20-10-11-6-2-1-3-7-11/h1-9H,10H2,(H2,16,17,18,19). The molecule has 0 unspecified atom stereocenters. The molecule has 20 heavy (non-hydrogen) atoms. The lowest BCUT2D eigenvalue weighted by Crippen LogP contribution is -2.01. The topological polar surface area (TPSA) is 70.8 Å². The number of nitrogens with one attached hydrogen (secondary N) is 2. The van der Waals surface area contributed by atoms with Gasteiger partial charge in [0.25, 0.3) is 0 Å². The van der Waals surface area contributed by atoms with Crippen molar-refractivity contribution in [3.8, 4) is 17.1 Å². The van der Waals surface area contributed by atoms with E-state index in [4.69, 9.17) is 4.74 Å². The first-order valence-electron chi connectivity index (χ1n) is 6.24. The highest BCUT2D eigenvalue weighted by Gasteiger charge is 2.09. The van der Waals surface area contributed by atoms with Crippen molar-refractivity contribution in [1.82, 2.24) is 15.2 Å². The second-order valence-corrected chi connectivity index (χ2v) is 4.30. The van der Waals surface area contributed by atoms with Gasteiger partial charge in [-0.3, -0.25) is 4.98 Å². The average molecular weight is 267 g/mol. The molecule has 0 aliphatic heterocycles. The number of nitrogens with zero attached hydrogens (tertiary/aromatic N) is 1. The molecule has 0 saturated carbocycles. The Balaban J connectivity index is 1.85. The van der Waals surface area contributed by atoms with Gasteiger partial charge >= 0.3 is 5.69 Å². The fraction of sp³-hybridized carbons (Fsp3) is 0.0667. The third kappa shape index (κ3) is 2.61. The zero-order chi connectivity index (χ0) is 13.8. The van der Waals surface area contributed by atoms with Crippen molar-refractivity contribution in [3.63, 3.8) is 0 Å². The van der Waals surface area contributed by atoms with Gasteiger partial charge in [0.2, 0.25) is 0 Å². The van der Waals surface area contributed by atoms with Crippen LogP contribution in [0, 0.1) is 0 Å². The van der Waals surface area contributed by atoms with Crippen LogP contribution < -0.4 is 10.4 Å². The van der Waals surface area contributed by atoms with Crippen molar-refractivity contribution in [2.75, 3.05) is 0 Å². The third-order valence-corrected chi connectivity index (χ3v) is 2.88. The summed E-state index contributed by atoms with van der Waals surface area (Å²) in [5, 5.41) is 6.28. The number of H-pyrrole nitrogens is 2. The van der Waals surface area contributed by atoms with E-state index in [1.807, 2.05) is 54.6 Å². The summed E-state index contributed by atoms with van der Waals surface area (Å²) in [6.07, 6.45) is 0. The molecule has 2 aromatic carbocycles. The minimum absolute atomic E-state index is 0.335. The van der Waals surface area contributed by atoms with E-state index in [2.05, 4.69) is 15.2 Å². The van der Waals surface area contributed by atoms with Crippen LogP contribution in [0.25, 0.3) is 11.4 Å². The van der Waals surface area contributed by atoms with E-state index in [0.29, 0.717) is 18.2 Å². The van der Waals surface area contributed by atoms with Gasteiger partial charge in [-0.05, 0) is 17.7 Å². The Morgan fingerprint density at radius 3 is 2.50 bits per heavy atom. The lowest BCUT2D eigenvalue weighted by molar-refractivity contribution is 0.307. The quantitative estimate of drug-likeness (QED) is 0.762. The molecular formula is C15H13N3O2. The van der Waals surface area contributed by atoms with E-state index in [1.54, 1.807) is 0 Å². The average Bonchev–Trinajstić information content (AvgIpc) is 2.93. The molecule has 1 heterocycles. The van der Waals surface area contributed by atoms with Crippen LogP contribution in [0.15, 0.2) is 59.4 Å². The van der Waals surface area contributed by atoms with Crippen LogP contribution in [0.3, 0.4) is 0 Å². The lowest BCUT2D eigenvalue weighted by atomic mass is 10.2. The van der Waals surface area contributed by atoms with E-state index in [-0.39, 0.29) is 5.69 Å². The highest BCUT2D eigenvalue weighted by atomic mass is 16.5. The summed E-state index contributed by atoms with van der Waals surface area (Å²) in [5.74, 6) is 1.15. The van der Waals surface area contributed by atoms with E-state index in [0.717, 1.165) is 11.1 Å². The maximum Gasteiger partial charge on any atom is 0.340 e. The Morgan fingerprint density at radius 2 is 1.75 bits per heavy atom. The summed E-state index contributed by atoms with van der Waals surface area (Å²) in [6.45, 7) is 0.465. The van der Waals surface area contributed by atoms with Gasteiger partial charge in [0.15, 0.2) is 5.82 Å². The molecule has 0 spiro atoms. The molecule has 0 amide bonds. The highest BCUT2D eigenvalue weighted by Crippen LogP contribution is 2.26. The molecule has 0 fully saturated rings. The maximum absolute atomic E-state index is 11.1. The van der Waals surface area contributed by atoms with E-state index >= 15 is 0 Å². The molecule has 0 saturated heterocycles. The number of benzene rings is 2. The Kier molecular flexibility index (Phi) is 3.33. The van der Waals surface area contributed by atoms with Gasteiger partial charge in [-0.25, -0.2) is 9.89 Å². The third-order valence-electron chi connectivity index (χ3n) is 2.88. The summed E-state index contributed by atoms with van der Waals surface area (Å²) in [5.41, 5.74) is 1.50. The smallest absolute Gasteiger partial charge is 0.340 e. The monoisotopic (exact) mass is 267 g/mol. The fourth-order valence-corrected chi connectivity index (χ4v) is 1.92. The van der Waals surface area contributed by atoms with Crippen molar-refractivity contribution in [3.05, 3.63) is 70.6 Å². The highest BCUT2D eigenvalue weighted by molar-refractivity contribution is 5.63. The minimum Gasteiger partial charge on any atom is -0.488 e. The molecule has 0 atom stereocenters. The zero-order valence-electron chi connectivity index (χ0n) is 10.7. The Labute approximate surface area is 115 Å². The van der Waals surface area contributed by atoms with Crippen LogP contribution in [0.2, 0.25) is 0 Å². The Bertz CT molecular complexity index is 747. The summed E-state index contributed by atoms with van der Waals surface area (Å²) in [6, 6.07) is 17.4. The van der Waals surface area contributed by atoms with Gasteiger partial charge in [0.05, 0.1) is 5.56 Å². The summed E-state index contributed by atoms with van der Waals surface area (Å²) >= 11 is 0. The molecule has 0 bridgehead atoms. The molecule has 1 aromatic heterocycles. The van der Waals surface area contributed by atoms with Crippen LogP contribution in [0.4, 0.5) is 0 Å². The van der Waals surface area contributed by atoms with Gasteiger partial charge in [-0.2, -0.15) is 5.10 Å². The second kappa shape index (κ2) is 5.44. The first kappa shape index (κ1) is 12.2. The molecule has 3 rings (SSSR count). The van der Waals surface area contributed by atoms with Gasteiger partial charge in [-0.1, -0.05) is 42.5 Å². The van der Waals surface area contributed by atoms with Gasteiger partial charge < -0.3 is 4.74 Å². The number of para-hydroxylation sites is 1. The number of rotatable bonds is 4. The number of aromatic amines is 2. The molecule has 3 aromatic rings. The first-order valence-corrected chi connectivity index (χ1v) is 6.24. The van der Waals surface area contributed by atoms with Crippen LogP contribution in [-0.2, 0) is 6.61 Å². The van der Waals surface area contributed by atoms with Crippen molar-refractivity contribution in [2.45, 2.75) is 6.61 Å². The van der Waals surface area contributed by atoms with E-state index in [1.165, 1.54) is 0 Å². The zero-order valence-corrected chi connectivity index (χ0v) is 10.7. The Hall–Kier alpha value is -2.82. The molecule has 0 radical (unpaired) electrons. The van der Waals surface area contributed by atoms with Crippen molar-refractivity contribution in [1.29, 1.82) is 0 Å². The molecule has 0 aliphatic rings. The first-order chi connectivity index (χ1) is 9.83. The molecule has 2 N–H and O–H groups in total. The predicted molar refractivity (Wildman–Crippen MR) is 75.4 cm³/mol. The van der Waals surface area contributed by atoms with Gasteiger partial charge in [0.1, 0.15) is 12.4 Å². The van der Waals surface area contributed by atoms with Crippen LogP contribution in [-0.4, -0.2) is 15.2 Å². The molecule has 100 valence electrons. The number of hydrogen-bond acceptors (Lipinski definition) is 3.